The molecule has 6 heteroatoms. The molecule has 2 aromatic rings. The lowest BCUT2D eigenvalue weighted by Gasteiger charge is -2.15. The van der Waals surface area contributed by atoms with Gasteiger partial charge in [0, 0.05) is 5.56 Å². The number of aliphatic hydroxyl groups is 1. The first kappa shape index (κ1) is 17.5. The van der Waals surface area contributed by atoms with Gasteiger partial charge in [-0.1, -0.05) is 37.3 Å². The van der Waals surface area contributed by atoms with E-state index in [-0.39, 0.29) is 5.75 Å². The molecule has 0 spiro atoms. The number of aromatic hydroxyl groups is 1. The highest BCUT2D eigenvalue weighted by Crippen LogP contribution is 2.24. The number of carbonyl (C=O) groups is 2. The van der Waals surface area contributed by atoms with Crippen LogP contribution in [0.3, 0.4) is 0 Å². The molecule has 2 rings (SSSR count). The molecule has 4 N–H and O–H groups in total. The maximum Gasteiger partial charge on any atom is 0.271 e. The van der Waals surface area contributed by atoms with Crippen molar-refractivity contribution >= 4 is 11.8 Å². The number of phenolic OH excluding ortho intramolecular Hbond substituents is 1. The van der Waals surface area contributed by atoms with Gasteiger partial charge in [0.25, 0.3) is 11.8 Å². The maximum absolute atomic E-state index is 12.3. The number of aliphatic hydroxyl groups excluding tert-OH is 1. The zero-order chi connectivity index (χ0) is 17.7. The Morgan fingerprint density at radius 1 is 1.08 bits per heavy atom. The van der Waals surface area contributed by atoms with Crippen LogP contribution in [0.1, 0.15) is 40.1 Å². The third-order valence-electron chi connectivity index (χ3n) is 3.83. The molecule has 0 saturated heterocycles. The Labute approximate surface area is 140 Å². The lowest BCUT2D eigenvalue weighted by atomic mass is 9.98. The molecule has 24 heavy (non-hydrogen) atoms. The third-order valence-corrected chi connectivity index (χ3v) is 3.83. The fraction of sp³-hybridized carbons (Fsp3) is 0.222. The van der Waals surface area contributed by atoms with Crippen molar-refractivity contribution in [2.24, 2.45) is 0 Å². The van der Waals surface area contributed by atoms with Gasteiger partial charge >= 0.3 is 0 Å². The van der Waals surface area contributed by atoms with Gasteiger partial charge in [-0.15, -0.1) is 0 Å². The number of carbonyl (C=O) groups excluding carboxylic acids is 2. The van der Waals surface area contributed by atoms with E-state index in [0.29, 0.717) is 28.7 Å². The molecule has 0 aliphatic carbocycles. The second kappa shape index (κ2) is 7.61. The molecule has 1 unspecified atom stereocenters. The molecule has 0 aliphatic heterocycles. The number of phenols is 1. The summed E-state index contributed by atoms with van der Waals surface area (Å²) in [6, 6.07) is 11.3. The highest BCUT2D eigenvalue weighted by molar-refractivity contribution is 5.97. The van der Waals surface area contributed by atoms with Gasteiger partial charge in [0.1, 0.15) is 5.75 Å². The van der Waals surface area contributed by atoms with E-state index in [1.807, 2.05) is 6.92 Å². The van der Waals surface area contributed by atoms with Gasteiger partial charge in [-0.2, -0.15) is 0 Å². The van der Waals surface area contributed by atoms with Crippen LogP contribution in [0.15, 0.2) is 42.5 Å². The van der Waals surface area contributed by atoms with Crippen LogP contribution in [0.2, 0.25) is 0 Å². The Hall–Kier alpha value is -2.86. The standard InChI is InChI=1S/C18H20N2O4/c1-3-13-11(2)15(21)10-9-14(13)17(23)19-20-18(24)16(22)12-7-5-4-6-8-12/h4-10,16,21-22H,3H2,1-2H3,(H,19,23)(H,20,24). The van der Waals surface area contributed by atoms with E-state index < -0.39 is 17.9 Å². The highest BCUT2D eigenvalue weighted by Gasteiger charge is 2.19. The second-order valence-corrected chi connectivity index (χ2v) is 5.35. The summed E-state index contributed by atoms with van der Waals surface area (Å²) in [5.41, 5.74) is 6.62. The van der Waals surface area contributed by atoms with Crippen LogP contribution in [0.5, 0.6) is 5.75 Å². The number of nitrogens with one attached hydrogen (secondary N) is 2. The fourth-order valence-corrected chi connectivity index (χ4v) is 2.45. The first-order chi connectivity index (χ1) is 11.5. The summed E-state index contributed by atoms with van der Waals surface area (Å²) >= 11 is 0. The van der Waals surface area contributed by atoms with Crippen molar-refractivity contribution in [2.75, 3.05) is 0 Å². The van der Waals surface area contributed by atoms with Crippen LogP contribution < -0.4 is 10.9 Å². The lowest BCUT2D eigenvalue weighted by molar-refractivity contribution is -0.130. The van der Waals surface area contributed by atoms with Gasteiger partial charge in [0.05, 0.1) is 0 Å². The van der Waals surface area contributed by atoms with Crippen molar-refractivity contribution in [2.45, 2.75) is 26.4 Å². The molecule has 2 amide bonds. The van der Waals surface area contributed by atoms with E-state index in [9.17, 15) is 19.8 Å². The second-order valence-electron chi connectivity index (χ2n) is 5.35. The molecule has 0 fully saturated rings. The molecule has 0 heterocycles. The van der Waals surface area contributed by atoms with E-state index in [1.54, 1.807) is 37.3 Å². The minimum atomic E-state index is -1.38. The van der Waals surface area contributed by atoms with Crippen molar-refractivity contribution in [3.05, 3.63) is 64.7 Å². The Morgan fingerprint density at radius 2 is 1.75 bits per heavy atom. The predicted molar refractivity (Wildman–Crippen MR) is 89.2 cm³/mol. The summed E-state index contributed by atoms with van der Waals surface area (Å²) in [5, 5.41) is 19.7. The largest absolute Gasteiger partial charge is 0.508 e. The van der Waals surface area contributed by atoms with Crippen LogP contribution >= 0.6 is 0 Å². The van der Waals surface area contributed by atoms with Crippen molar-refractivity contribution in [3.63, 3.8) is 0 Å². The Balaban J connectivity index is 2.06. The Kier molecular flexibility index (Phi) is 5.55. The van der Waals surface area contributed by atoms with Gasteiger partial charge in [-0.05, 0) is 42.2 Å². The number of hydrogen-bond donors (Lipinski definition) is 4. The van der Waals surface area contributed by atoms with Gasteiger partial charge in [-0.3, -0.25) is 20.4 Å². The van der Waals surface area contributed by atoms with Crippen LogP contribution in [0.4, 0.5) is 0 Å². The SMILES string of the molecule is CCc1c(C(=O)NNC(=O)C(O)c2ccccc2)ccc(O)c1C. The van der Waals surface area contributed by atoms with Gasteiger partial charge < -0.3 is 10.2 Å². The highest BCUT2D eigenvalue weighted by atomic mass is 16.3. The summed E-state index contributed by atoms with van der Waals surface area (Å²) in [6.07, 6.45) is -0.817. The molecule has 0 aliphatic rings. The molecule has 6 nitrogen and oxygen atoms in total. The Bertz CT molecular complexity index is 744. The topological polar surface area (TPSA) is 98.7 Å². The monoisotopic (exact) mass is 328 g/mol. The molecule has 0 bridgehead atoms. The summed E-state index contributed by atoms with van der Waals surface area (Å²) in [5.74, 6) is -1.13. The first-order valence-electron chi connectivity index (χ1n) is 7.60. The zero-order valence-corrected chi connectivity index (χ0v) is 13.5. The van der Waals surface area contributed by atoms with E-state index in [4.69, 9.17) is 0 Å². The molecule has 0 aromatic heterocycles. The minimum absolute atomic E-state index is 0.118. The smallest absolute Gasteiger partial charge is 0.271 e. The molecular weight excluding hydrogens is 308 g/mol. The molecule has 2 aromatic carbocycles. The van der Waals surface area contributed by atoms with Crippen molar-refractivity contribution in [1.29, 1.82) is 0 Å². The number of benzene rings is 2. The average molecular weight is 328 g/mol. The predicted octanol–water partition coefficient (Wildman–Crippen LogP) is 1.76. The first-order valence-corrected chi connectivity index (χ1v) is 7.60. The van der Waals surface area contributed by atoms with Crippen LogP contribution in [0, 0.1) is 6.92 Å². The maximum atomic E-state index is 12.3. The third kappa shape index (κ3) is 3.72. The summed E-state index contributed by atoms with van der Waals surface area (Å²) in [4.78, 5) is 24.2. The summed E-state index contributed by atoms with van der Waals surface area (Å²) in [6.45, 7) is 3.60. The zero-order valence-electron chi connectivity index (χ0n) is 13.5. The number of hydrogen-bond acceptors (Lipinski definition) is 4. The lowest BCUT2D eigenvalue weighted by Crippen LogP contribution is -2.44. The van der Waals surface area contributed by atoms with Crippen molar-refractivity contribution in [1.82, 2.24) is 10.9 Å². The van der Waals surface area contributed by atoms with Crippen LogP contribution in [-0.2, 0) is 11.2 Å². The van der Waals surface area contributed by atoms with Gasteiger partial charge in [0.15, 0.2) is 6.10 Å². The van der Waals surface area contributed by atoms with E-state index >= 15 is 0 Å². The van der Waals surface area contributed by atoms with Crippen molar-refractivity contribution < 1.29 is 19.8 Å². The molecule has 126 valence electrons. The minimum Gasteiger partial charge on any atom is -0.508 e. The normalized spacial score (nSPS) is 11.6. The number of amides is 2. The van der Waals surface area contributed by atoms with Crippen molar-refractivity contribution in [3.8, 4) is 5.75 Å². The molecular formula is C18H20N2O4. The van der Waals surface area contributed by atoms with E-state index in [2.05, 4.69) is 10.9 Å². The average Bonchev–Trinajstić information content (AvgIpc) is 2.61. The van der Waals surface area contributed by atoms with E-state index in [1.165, 1.54) is 12.1 Å². The van der Waals surface area contributed by atoms with Crippen LogP contribution in [-0.4, -0.2) is 22.0 Å². The molecule has 1 atom stereocenters. The number of rotatable bonds is 4. The summed E-state index contributed by atoms with van der Waals surface area (Å²) < 4.78 is 0. The van der Waals surface area contributed by atoms with Crippen LogP contribution in [0.25, 0.3) is 0 Å². The number of hydrazine groups is 1. The molecule has 0 saturated carbocycles. The van der Waals surface area contributed by atoms with Gasteiger partial charge in [-0.25, -0.2) is 0 Å². The van der Waals surface area contributed by atoms with Gasteiger partial charge in [0.2, 0.25) is 0 Å². The molecule has 0 radical (unpaired) electrons. The van der Waals surface area contributed by atoms with E-state index in [0.717, 1.165) is 0 Å². The Morgan fingerprint density at radius 3 is 2.38 bits per heavy atom. The summed E-state index contributed by atoms with van der Waals surface area (Å²) in [7, 11) is 0. The fourth-order valence-electron chi connectivity index (χ4n) is 2.45. The quantitative estimate of drug-likeness (QED) is 0.643.